The number of hydrogen-bond acceptors (Lipinski definition) is 5. The smallest absolute Gasteiger partial charge is 0.268 e. The molecule has 0 radical (unpaired) electrons. The van der Waals surface area contributed by atoms with E-state index in [4.69, 9.17) is 50.8 Å². The zero-order valence-electron chi connectivity index (χ0n) is 17.1. The molecule has 10 heteroatoms. The van der Waals surface area contributed by atoms with E-state index in [2.05, 4.69) is 10.3 Å². The SMILES string of the molecule is N#C/C(=C\c1ccc(-c2ccc(Cl)c(Cl)c2)o1)C(=O)Nc1ncc(Cc2cccc(Cl)c2Cl)s1. The average molecular weight is 549 g/mol. The maximum Gasteiger partial charge on any atom is 0.268 e. The molecule has 2 heterocycles. The minimum Gasteiger partial charge on any atom is -0.457 e. The molecule has 0 atom stereocenters. The van der Waals surface area contributed by atoms with Gasteiger partial charge in [-0.05, 0) is 42.0 Å². The van der Waals surface area contributed by atoms with E-state index < -0.39 is 5.91 Å². The fourth-order valence-corrected chi connectivity index (χ4v) is 4.53. The lowest BCUT2D eigenvalue weighted by atomic mass is 10.1. The molecule has 0 aliphatic carbocycles. The molecule has 0 fully saturated rings. The lowest BCUT2D eigenvalue weighted by molar-refractivity contribution is -0.112. The van der Waals surface area contributed by atoms with Gasteiger partial charge in [-0.15, -0.1) is 11.3 Å². The largest absolute Gasteiger partial charge is 0.457 e. The summed E-state index contributed by atoms with van der Waals surface area (Å²) in [6.07, 6.45) is 3.51. The third-order valence-electron chi connectivity index (χ3n) is 4.65. The number of amides is 1. The lowest BCUT2D eigenvalue weighted by Gasteiger charge is -2.03. The number of benzene rings is 2. The van der Waals surface area contributed by atoms with Crippen LogP contribution in [0.5, 0.6) is 0 Å². The molecule has 2 aromatic carbocycles. The average Bonchev–Trinajstić information content (AvgIpc) is 3.46. The predicted octanol–water partition coefficient (Wildman–Crippen LogP) is 8.15. The molecule has 0 unspecified atom stereocenters. The van der Waals surface area contributed by atoms with Crippen LogP contribution in [-0.2, 0) is 11.2 Å². The highest BCUT2D eigenvalue weighted by molar-refractivity contribution is 7.15. The number of furan rings is 1. The molecular weight excluding hydrogens is 536 g/mol. The Morgan fingerprint density at radius 3 is 2.68 bits per heavy atom. The first-order valence-electron chi connectivity index (χ1n) is 9.70. The van der Waals surface area contributed by atoms with Gasteiger partial charge in [0, 0.05) is 29.1 Å². The Kier molecular flexibility index (Phi) is 7.62. The maximum atomic E-state index is 12.6. The van der Waals surface area contributed by atoms with Crippen molar-refractivity contribution >= 4 is 74.9 Å². The van der Waals surface area contributed by atoms with E-state index in [0.717, 1.165) is 10.4 Å². The fraction of sp³-hybridized carbons (Fsp3) is 0.0417. The third kappa shape index (κ3) is 5.64. The first-order valence-corrected chi connectivity index (χ1v) is 12.0. The second-order valence-corrected chi connectivity index (χ2v) is 9.69. The van der Waals surface area contributed by atoms with E-state index in [9.17, 15) is 10.1 Å². The van der Waals surface area contributed by atoms with Gasteiger partial charge < -0.3 is 4.42 Å². The first kappa shape index (κ1) is 24.3. The Bertz CT molecular complexity index is 1450. The highest BCUT2D eigenvalue weighted by Gasteiger charge is 2.15. The molecule has 2 aromatic heterocycles. The summed E-state index contributed by atoms with van der Waals surface area (Å²) < 4.78 is 5.74. The van der Waals surface area contributed by atoms with Crippen molar-refractivity contribution in [2.45, 2.75) is 6.42 Å². The number of carbonyl (C=O) groups is 1. The Morgan fingerprint density at radius 2 is 1.91 bits per heavy atom. The molecule has 4 rings (SSSR count). The van der Waals surface area contributed by atoms with Crippen LogP contribution in [0, 0.1) is 11.3 Å². The van der Waals surface area contributed by atoms with Crippen LogP contribution >= 0.6 is 57.7 Å². The molecule has 0 saturated carbocycles. The van der Waals surface area contributed by atoms with Crippen molar-refractivity contribution in [3.8, 4) is 17.4 Å². The van der Waals surface area contributed by atoms with Gasteiger partial charge in [-0.1, -0.05) is 58.5 Å². The van der Waals surface area contributed by atoms with Gasteiger partial charge in [-0.3, -0.25) is 10.1 Å². The third-order valence-corrected chi connectivity index (χ3v) is 7.16. The number of hydrogen-bond donors (Lipinski definition) is 1. The number of nitrogens with zero attached hydrogens (tertiary/aromatic N) is 2. The van der Waals surface area contributed by atoms with Crippen LogP contribution in [0.25, 0.3) is 17.4 Å². The summed E-state index contributed by atoms with van der Waals surface area (Å²) >= 11 is 25.6. The Labute approximate surface area is 219 Å². The van der Waals surface area contributed by atoms with Gasteiger partial charge in [0.05, 0.1) is 20.1 Å². The van der Waals surface area contributed by atoms with E-state index >= 15 is 0 Å². The minimum absolute atomic E-state index is 0.135. The van der Waals surface area contributed by atoms with E-state index in [1.165, 1.54) is 17.4 Å². The number of nitrogens with one attached hydrogen (secondary N) is 1. The number of anilines is 1. The summed E-state index contributed by atoms with van der Waals surface area (Å²) in [5, 5.41) is 14.3. The molecule has 5 nitrogen and oxygen atoms in total. The van der Waals surface area contributed by atoms with Crippen molar-refractivity contribution in [2.24, 2.45) is 0 Å². The van der Waals surface area contributed by atoms with Crippen LogP contribution in [0.2, 0.25) is 20.1 Å². The van der Waals surface area contributed by atoms with E-state index in [1.54, 1.807) is 42.6 Å². The van der Waals surface area contributed by atoms with Gasteiger partial charge in [-0.25, -0.2) is 4.98 Å². The van der Waals surface area contributed by atoms with Crippen molar-refractivity contribution < 1.29 is 9.21 Å². The second kappa shape index (κ2) is 10.6. The van der Waals surface area contributed by atoms with Crippen molar-refractivity contribution in [3.05, 3.63) is 96.6 Å². The lowest BCUT2D eigenvalue weighted by Crippen LogP contribution is -2.13. The van der Waals surface area contributed by atoms with Gasteiger partial charge >= 0.3 is 0 Å². The van der Waals surface area contributed by atoms with Crippen molar-refractivity contribution in [3.63, 3.8) is 0 Å². The molecule has 1 amide bonds. The van der Waals surface area contributed by atoms with Crippen LogP contribution in [0.3, 0.4) is 0 Å². The number of aromatic nitrogens is 1. The van der Waals surface area contributed by atoms with Gasteiger partial charge in [0.2, 0.25) is 0 Å². The van der Waals surface area contributed by atoms with Crippen LogP contribution < -0.4 is 5.32 Å². The molecular formula is C24H13Cl4N3O2S. The molecule has 1 N–H and O–H groups in total. The van der Waals surface area contributed by atoms with Crippen molar-refractivity contribution in [1.29, 1.82) is 5.26 Å². The molecule has 0 saturated heterocycles. The molecule has 4 aromatic rings. The quantitative estimate of drug-likeness (QED) is 0.195. The summed E-state index contributed by atoms with van der Waals surface area (Å²) in [5.74, 6) is 0.256. The minimum atomic E-state index is -0.600. The molecule has 0 aliphatic heterocycles. The number of rotatable bonds is 6. The summed E-state index contributed by atoms with van der Waals surface area (Å²) in [7, 11) is 0. The Balaban J connectivity index is 1.46. The van der Waals surface area contributed by atoms with Crippen LogP contribution in [0.1, 0.15) is 16.2 Å². The number of halogens is 4. The number of thiazole rings is 1. The predicted molar refractivity (Wildman–Crippen MR) is 138 cm³/mol. The van der Waals surface area contributed by atoms with E-state index in [0.29, 0.717) is 48.7 Å². The zero-order valence-corrected chi connectivity index (χ0v) is 21.0. The van der Waals surface area contributed by atoms with Gasteiger partial charge in [0.1, 0.15) is 23.2 Å². The van der Waals surface area contributed by atoms with Gasteiger partial charge in [0.15, 0.2) is 5.13 Å². The first-order chi connectivity index (χ1) is 16.3. The maximum absolute atomic E-state index is 12.6. The van der Waals surface area contributed by atoms with E-state index in [-0.39, 0.29) is 5.57 Å². The Morgan fingerprint density at radius 1 is 1.09 bits per heavy atom. The van der Waals surface area contributed by atoms with Crippen LogP contribution in [0.15, 0.2) is 64.7 Å². The standard InChI is InChI=1S/C24H13Cl4N3O2S/c25-18-6-4-13(10-20(18)27)21-7-5-16(33-21)8-15(11-29)23(32)31-24-30-12-17(34-24)9-14-2-1-3-19(26)22(14)28/h1-8,10,12H,9H2,(H,30,31,32)/b15-8+. The second-order valence-electron chi connectivity index (χ2n) is 6.98. The molecule has 0 bridgehead atoms. The highest BCUT2D eigenvalue weighted by atomic mass is 35.5. The molecule has 0 aliphatic rings. The normalized spacial score (nSPS) is 11.3. The fourth-order valence-electron chi connectivity index (χ4n) is 3.01. The molecule has 170 valence electrons. The summed E-state index contributed by atoms with van der Waals surface area (Å²) in [5.41, 5.74) is 1.43. The topological polar surface area (TPSA) is 78.9 Å². The molecule has 34 heavy (non-hydrogen) atoms. The Hall–Kier alpha value is -2.79. The molecule has 0 spiro atoms. The zero-order chi connectivity index (χ0) is 24.2. The van der Waals surface area contributed by atoms with Gasteiger partial charge in [-0.2, -0.15) is 5.26 Å². The summed E-state index contributed by atoms with van der Waals surface area (Å²) in [6.45, 7) is 0. The van der Waals surface area contributed by atoms with Crippen molar-refractivity contribution in [1.82, 2.24) is 4.98 Å². The highest BCUT2D eigenvalue weighted by Crippen LogP contribution is 2.31. The van der Waals surface area contributed by atoms with E-state index in [1.807, 2.05) is 18.2 Å². The summed E-state index contributed by atoms with van der Waals surface area (Å²) in [6, 6.07) is 15.8. The number of carbonyl (C=O) groups excluding carboxylic acids is 1. The van der Waals surface area contributed by atoms with Crippen LogP contribution in [0.4, 0.5) is 5.13 Å². The summed E-state index contributed by atoms with van der Waals surface area (Å²) in [4.78, 5) is 17.7. The monoisotopic (exact) mass is 547 g/mol. The van der Waals surface area contributed by atoms with Crippen LogP contribution in [-0.4, -0.2) is 10.9 Å². The van der Waals surface area contributed by atoms with Gasteiger partial charge in [0.25, 0.3) is 5.91 Å². The number of nitriles is 1. The van der Waals surface area contributed by atoms with Crippen molar-refractivity contribution in [2.75, 3.05) is 5.32 Å².